The lowest BCUT2D eigenvalue weighted by Gasteiger charge is -2.13. The van der Waals surface area contributed by atoms with Crippen molar-refractivity contribution in [3.05, 3.63) is 51.7 Å². The van der Waals surface area contributed by atoms with Gasteiger partial charge in [0.2, 0.25) is 5.91 Å². The number of carbonyl (C=O) groups excluding carboxylic acids is 1. The van der Waals surface area contributed by atoms with Gasteiger partial charge in [0, 0.05) is 11.6 Å². The molecular weight excluding hydrogens is 312 g/mol. The first-order valence-electron chi connectivity index (χ1n) is 7.32. The Kier molecular flexibility index (Phi) is 4.29. The third-order valence-electron chi connectivity index (χ3n) is 3.80. The Morgan fingerprint density at radius 1 is 1.43 bits per heavy atom. The summed E-state index contributed by atoms with van der Waals surface area (Å²) in [5.74, 6) is 0.911. The fourth-order valence-corrected chi connectivity index (χ4v) is 3.25. The Hall–Kier alpha value is -2.41. The molecule has 3 heterocycles. The summed E-state index contributed by atoms with van der Waals surface area (Å²) in [7, 11) is 0. The average molecular weight is 330 g/mol. The Bertz CT molecular complexity index is 785. The molecule has 0 saturated carbocycles. The smallest absolute Gasteiger partial charge is 0.232 e. The number of hydrogen-bond donors (Lipinski definition) is 1. The molecule has 0 fully saturated rings. The highest BCUT2D eigenvalue weighted by Gasteiger charge is 2.23. The predicted octanol–water partition coefficient (Wildman–Crippen LogP) is 3.34. The van der Waals surface area contributed by atoms with Gasteiger partial charge >= 0.3 is 0 Å². The Morgan fingerprint density at radius 3 is 2.91 bits per heavy atom. The van der Waals surface area contributed by atoms with Crippen molar-refractivity contribution in [1.29, 1.82) is 0 Å². The van der Waals surface area contributed by atoms with Gasteiger partial charge in [0.25, 0.3) is 0 Å². The molecule has 0 aliphatic heterocycles. The first-order chi connectivity index (χ1) is 11.1. The second kappa shape index (κ2) is 6.37. The maximum Gasteiger partial charge on any atom is 0.232 e. The summed E-state index contributed by atoms with van der Waals surface area (Å²) in [5.41, 5.74) is 2.75. The summed E-state index contributed by atoms with van der Waals surface area (Å²) in [4.78, 5) is 12.5. The summed E-state index contributed by atoms with van der Waals surface area (Å²) in [6.07, 6.45) is 1.68. The predicted molar refractivity (Wildman–Crippen MR) is 88.7 cm³/mol. The molecule has 23 heavy (non-hydrogen) atoms. The van der Waals surface area contributed by atoms with Gasteiger partial charge in [-0.15, -0.1) is 0 Å². The van der Waals surface area contributed by atoms with Gasteiger partial charge in [-0.1, -0.05) is 5.16 Å². The van der Waals surface area contributed by atoms with Crippen molar-refractivity contribution in [2.24, 2.45) is 0 Å². The number of amides is 1. The van der Waals surface area contributed by atoms with E-state index in [4.69, 9.17) is 4.52 Å². The van der Waals surface area contributed by atoms with Crippen LogP contribution in [0, 0.1) is 13.8 Å². The molecule has 3 rings (SSSR count). The number of aromatic nitrogens is 3. The van der Waals surface area contributed by atoms with E-state index in [0.29, 0.717) is 18.1 Å². The topological polar surface area (TPSA) is 73.0 Å². The molecule has 0 aliphatic carbocycles. The number of rotatable bonds is 5. The summed E-state index contributed by atoms with van der Waals surface area (Å²) in [6, 6.07) is 3.84. The molecule has 0 radical (unpaired) electrons. The third kappa shape index (κ3) is 3.19. The molecule has 6 nitrogen and oxygen atoms in total. The van der Waals surface area contributed by atoms with Crippen LogP contribution in [0.4, 0.5) is 5.82 Å². The highest BCUT2D eigenvalue weighted by molar-refractivity contribution is 7.07. The van der Waals surface area contributed by atoms with Gasteiger partial charge in [-0.25, -0.2) is 4.68 Å². The van der Waals surface area contributed by atoms with Crippen LogP contribution in [0.1, 0.15) is 35.4 Å². The average Bonchev–Trinajstić information content (AvgIpc) is 3.24. The van der Waals surface area contributed by atoms with Crippen molar-refractivity contribution in [3.63, 3.8) is 0 Å². The Balaban J connectivity index is 1.75. The van der Waals surface area contributed by atoms with E-state index >= 15 is 0 Å². The van der Waals surface area contributed by atoms with Crippen molar-refractivity contribution < 1.29 is 9.32 Å². The number of thiophene rings is 1. The summed E-state index contributed by atoms with van der Waals surface area (Å²) in [6.45, 7) is 6.14. The number of carbonyl (C=O) groups is 1. The summed E-state index contributed by atoms with van der Waals surface area (Å²) in [5, 5.41) is 15.2. The van der Waals surface area contributed by atoms with E-state index in [9.17, 15) is 4.79 Å². The molecule has 3 aromatic heterocycles. The largest absolute Gasteiger partial charge is 0.361 e. The zero-order valence-electron chi connectivity index (χ0n) is 13.2. The molecule has 1 atom stereocenters. The van der Waals surface area contributed by atoms with Crippen LogP contribution < -0.4 is 5.32 Å². The van der Waals surface area contributed by atoms with Crippen LogP contribution in [-0.4, -0.2) is 20.8 Å². The van der Waals surface area contributed by atoms with Crippen molar-refractivity contribution in [1.82, 2.24) is 14.9 Å². The fraction of sp³-hybridized carbons (Fsp3) is 0.312. The minimum Gasteiger partial charge on any atom is -0.361 e. The zero-order chi connectivity index (χ0) is 16.4. The van der Waals surface area contributed by atoms with E-state index in [1.54, 1.807) is 28.3 Å². The van der Waals surface area contributed by atoms with Crippen molar-refractivity contribution in [2.45, 2.75) is 33.2 Å². The first kappa shape index (κ1) is 15.5. The number of hydrogen-bond acceptors (Lipinski definition) is 5. The van der Waals surface area contributed by atoms with E-state index in [2.05, 4.69) is 21.0 Å². The molecule has 1 N–H and O–H groups in total. The lowest BCUT2D eigenvalue weighted by atomic mass is 9.99. The van der Waals surface area contributed by atoms with Gasteiger partial charge in [0.15, 0.2) is 0 Å². The van der Waals surface area contributed by atoms with Gasteiger partial charge < -0.3 is 9.84 Å². The van der Waals surface area contributed by atoms with Gasteiger partial charge in [0.05, 0.1) is 24.4 Å². The molecule has 3 aromatic rings. The monoisotopic (exact) mass is 330 g/mol. The van der Waals surface area contributed by atoms with Crippen LogP contribution in [0.25, 0.3) is 0 Å². The van der Waals surface area contributed by atoms with Gasteiger partial charge in [0.1, 0.15) is 11.6 Å². The van der Waals surface area contributed by atoms with E-state index in [-0.39, 0.29) is 11.8 Å². The number of anilines is 1. The van der Waals surface area contributed by atoms with Gasteiger partial charge in [-0.3, -0.25) is 4.79 Å². The molecular formula is C16H18N4O2S. The maximum atomic E-state index is 12.5. The molecule has 7 heteroatoms. The molecule has 0 aliphatic rings. The van der Waals surface area contributed by atoms with Gasteiger partial charge in [-0.2, -0.15) is 16.4 Å². The fourth-order valence-electron chi connectivity index (χ4n) is 2.59. The molecule has 0 saturated heterocycles. The van der Waals surface area contributed by atoms with E-state index in [1.165, 1.54) is 0 Å². The maximum absolute atomic E-state index is 12.5. The quantitative estimate of drug-likeness (QED) is 0.779. The second-order valence-electron chi connectivity index (χ2n) is 5.45. The van der Waals surface area contributed by atoms with Crippen LogP contribution in [0.15, 0.2) is 33.6 Å². The SMILES string of the molecule is Cc1noc(C)c1[C@@H](C)C(=O)Nc1ccnn1Cc1ccsc1. The normalized spacial score (nSPS) is 12.3. The highest BCUT2D eigenvalue weighted by Crippen LogP contribution is 2.24. The number of nitrogens with one attached hydrogen (secondary N) is 1. The van der Waals surface area contributed by atoms with E-state index in [0.717, 1.165) is 16.8 Å². The first-order valence-corrected chi connectivity index (χ1v) is 8.27. The molecule has 0 bridgehead atoms. The minimum absolute atomic E-state index is 0.105. The van der Waals surface area contributed by atoms with E-state index in [1.807, 2.05) is 32.2 Å². The Morgan fingerprint density at radius 2 is 2.26 bits per heavy atom. The lowest BCUT2D eigenvalue weighted by molar-refractivity contribution is -0.117. The highest BCUT2D eigenvalue weighted by atomic mass is 32.1. The number of nitrogens with zero attached hydrogens (tertiary/aromatic N) is 3. The third-order valence-corrected chi connectivity index (χ3v) is 4.53. The van der Waals surface area contributed by atoms with Crippen LogP contribution >= 0.6 is 11.3 Å². The standard InChI is InChI=1S/C16H18N4O2S/c1-10(15-11(2)19-22-12(15)3)16(21)18-14-4-6-17-20(14)8-13-5-7-23-9-13/h4-7,9-10H,8H2,1-3H3,(H,18,21)/t10-/m1/s1. The molecule has 0 unspecified atom stereocenters. The number of aryl methyl sites for hydroxylation is 2. The van der Waals surface area contributed by atoms with Crippen LogP contribution in [0.5, 0.6) is 0 Å². The Labute approximate surface area is 138 Å². The zero-order valence-corrected chi connectivity index (χ0v) is 14.1. The lowest BCUT2D eigenvalue weighted by Crippen LogP contribution is -2.22. The van der Waals surface area contributed by atoms with Crippen LogP contribution in [0.3, 0.4) is 0 Å². The second-order valence-corrected chi connectivity index (χ2v) is 6.23. The molecule has 0 spiro atoms. The van der Waals surface area contributed by atoms with Crippen molar-refractivity contribution in [2.75, 3.05) is 5.32 Å². The summed E-state index contributed by atoms with van der Waals surface area (Å²) >= 11 is 1.64. The van der Waals surface area contributed by atoms with Crippen molar-refractivity contribution in [3.8, 4) is 0 Å². The van der Waals surface area contributed by atoms with E-state index < -0.39 is 0 Å². The van der Waals surface area contributed by atoms with Crippen molar-refractivity contribution >= 4 is 23.1 Å². The van der Waals surface area contributed by atoms with Crippen LogP contribution in [0.2, 0.25) is 0 Å². The molecule has 0 aromatic carbocycles. The molecule has 1 amide bonds. The minimum atomic E-state index is -0.342. The summed E-state index contributed by atoms with van der Waals surface area (Å²) < 4.78 is 6.93. The van der Waals surface area contributed by atoms with Gasteiger partial charge in [-0.05, 0) is 43.2 Å². The van der Waals surface area contributed by atoms with Crippen LogP contribution in [-0.2, 0) is 11.3 Å². The molecule has 120 valence electrons.